The maximum absolute atomic E-state index is 11.7. The van der Waals surface area contributed by atoms with Crippen molar-refractivity contribution in [2.45, 2.75) is 24.6 Å². The van der Waals surface area contributed by atoms with E-state index in [1.165, 1.54) is 13.8 Å². The topological polar surface area (TPSA) is 99.1 Å². The van der Waals surface area contributed by atoms with Crippen molar-refractivity contribution >= 4 is 9.84 Å². The smallest absolute Gasteiger partial charge is 0.237 e. The summed E-state index contributed by atoms with van der Waals surface area (Å²) < 4.78 is 27.7. The summed E-state index contributed by atoms with van der Waals surface area (Å²) in [5.41, 5.74) is 6.86. The number of nitrogens with zero attached hydrogens (tertiary/aromatic N) is 2. The molecule has 2 aromatic rings. The molecule has 0 saturated carbocycles. The number of sulfone groups is 1. The lowest BCUT2D eigenvalue weighted by atomic mass is 10.1. The summed E-state index contributed by atoms with van der Waals surface area (Å²) in [5, 5.41) is 7.69. The minimum absolute atomic E-state index is 0.0429. The van der Waals surface area contributed by atoms with Gasteiger partial charge in [0.15, 0.2) is 9.84 Å². The lowest BCUT2D eigenvalue weighted by Gasteiger charge is -2.17. The Kier molecular flexibility index (Phi) is 3.66. The Labute approximate surface area is 117 Å². The SMILES string of the molecule is CC(C)(c1nnc(C(N)c2ccccc2)o1)S(C)(=O)=O. The van der Waals surface area contributed by atoms with Crippen molar-refractivity contribution in [3.63, 3.8) is 0 Å². The molecule has 20 heavy (non-hydrogen) atoms. The summed E-state index contributed by atoms with van der Waals surface area (Å²) in [6.45, 7) is 3.04. The van der Waals surface area contributed by atoms with Crippen LogP contribution in [0.4, 0.5) is 0 Å². The second-order valence-corrected chi connectivity index (χ2v) is 7.68. The summed E-state index contributed by atoms with van der Waals surface area (Å²) in [6, 6.07) is 8.70. The summed E-state index contributed by atoms with van der Waals surface area (Å²) in [5.74, 6) is 0.240. The number of benzene rings is 1. The molecule has 0 fully saturated rings. The molecule has 0 aliphatic rings. The van der Waals surface area contributed by atoms with E-state index >= 15 is 0 Å². The van der Waals surface area contributed by atoms with Crippen molar-refractivity contribution in [2.75, 3.05) is 6.26 Å². The fourth-order valence-corrected chi connectivity index (χ4v) is 1.96. The molecule has 0 amide bonds. The molecular formula is C13H17N3O3S. The quantitative estimate of drug-likeness (QED) is 0.915. The fraction of sp³-hybridized carbons (Fsp3) is 0.385. The van der Waals surface area contributed by atoms with Crippen molar-refractivity contribution in [2.24, 2.45) is 5.73 Å². The zero-order chi connectivity index (χ0) is 15.0. The molecule has 108 valence electrons. The molecule has 2 rings (SSSR count). The summed E-state index contributed by atoms with van der Waals surface area (Å²) >= 11 is 0. The monoisotopic (exact) mass is 295 g/mol. The van der Waals surface area contributed by atoms with Gasteiger partial charge in [0.2, 0.25) is 11.8 Å². The second-order valence-electron chi connectivity index (χ2n) is 5.12. The van der Waals surface area contributed by atoms with E-state index in [1.54, 1.807) is 0 Å². The molecule has 7 heteroatoms. The van der Waals surface area contributed by atoms with Gasteiger partial charge in [0, 0.05) is 6.26 Å². The number of hydrogen-bond donors (Lipinski definition) is 1. The second kappa shape index (κ2) is 4.99. The Hall–Kier alpha value is -1.73. The molecule has 0 aliphatic carbocycles. The van der Waals surface area contributed by atoms with Crippen LogP contribution in [0.5, 0.6) is 0 Å². The van der Waals surface area contributed by atoms with Crippen LogP contribution in [0.1, 0.15) is 37.2 Å². The van der Waals surface area contributed by atoms with Gasteiger partial charge in [0.25, 0.3) is 0 Å². The molecule has 1 aromatic carbocycles. The van der Waals surface area contributed by atoms with Gasteiger partial charge in [-0.15, -0.1) is 10.2 Å². The minimum Gasteiger partial charge on any atom is -0.421 e. The molecule has 0 spiro atoms. The fourth-order valence-electron chi connectivity index (χ4n) is 1.57. The van der Waals surface area contributed by atoms with Crippen molar-refractivity contribution < 1.29 is 12.8 Å². The molecule has 1 unspecified atom stereocenters. The van der Waals surface area contributed by atoms with Gasteiger partial charge >= 0.3 is 0 Å². The Morgan fingerprint density at radius 3 is 2.35 bits per heavy atom. The van der Waals surface area contributed by atoms with Gasteiger partial charge in [-0.05, 0) is 19.4 Å². The van der Waals surface area contributed by atoms with Crippen LogP contribution in [0, 0.1) is 0 Å². The first-order valence-electron chi connectivity index (χ1n) is 6.07. The average molecular weight is 295 g/mol. The van der Waals surface area contributed by atoms with Gasteiger partial charge in [-0.25, -0.2) is 8.42 Å². The average Bonchev–Trinajstić information content (AvgIpc) is 2.87. The standard InChI is InChI=1S/C13H17N3O3S/c1-13(2,20(3,17)18)12-16-15-11(19-12)10(14)9-7-5-4-6-8-9/h4-8,10H,14H2,1-3H3. The zero-order valence-electron chi connectivity index (χ0n) is 11.6. The first kappa shape index (κ1) is 14.7. The predicted octanol–water partition coefficient (Wildman–Crippen LogP) is 1.40. The first-order chi connectivity index (χ1) is 9.23. The molecule has 1 aromatic heterocycles. The Bertz CT molecular complexity index is 693. The van der Waals surface area contributed by atoms with Crippen LogP contribution in [0.3, 0.4) is 0 Å². The maximum atomic E-state index is 11.7. The highest BCUT2D eigenvalue weighted by Crippen LogP contribution is 2.29. The van der Waals surface area contributed by atoms with E-state index in [-0.39, 0.29) is 11.8 Å². The molecule has 0 aliphatic heterocycles. The van der Waals surface area contributed by atoms with Crippen LogP contribution in [-0.2, 0) is 14.6 Å². The molecule has 1 heterocycles. The van der Waals surface area contributed by atoms with Gasteiger partial charge in [0.05, 0.1) is 0 Å². The van der Waals surface area contributed by atoms with E-state index in [2.05, 4.69) is 10.2 Å². The highest BCUT2D eigenvalue weighted by atomic mass is 32.2. The molecule has 1 atom stereocenters. The van der Waals surface area contributed by atoms with Crippen LogP contribution in [0.15, 0.2) is 34.7 Å². The van der Waals surface area contributed by atoms with Crippen molar-refractivity contribution in [1.82, 2.24) is 10.2 Å². The molecule has 0 radical (unpaired) electrons. The van der Waals surface area contributed by atoms with Gasteiger partial charge in [-0.1, -0.05) is 30.3 Å². The van der Waals surface area contributed by atoms with E-state index < -0.39 is 20.6 Å². The van der Waals surface area contributed by atoms with Crippen molar-refractivity contribution in [3.05, 3.63) is 47.7 Å². The third-order valence-electron chi connectivity index (χ3n) is 3.31. The minimum atomic E-state index is -3.37. The lowest BCUT2D eigenvalue weighted by molar-refractivity contribution is 0.396. The Balaban J connectivity index is 2.35. The summed E-state index contributed by atoms with van der Waals surface area (Å²) in [4.78, 5) is 0. The van der Waals surface area contributed by atoms with Gasteiger partial charge in [-0.3, -0.25) is 0 Å². The van der Waals surface area contributed by atoms with E-state index in [0.717, 1.165) is 11.8 Å². The van der Waals surface area contributed by atoms with Crippen LogP contribution in [0.25, 0.3) is 0 Å². The third kappa shape index (κ3) is 2.59. The van der Waals surface area contributed by atoms with E-state index in [4.69, 9.17) is 10.2 Å². The number of nitrogens with two attached hydrogens (primary N) is 1. The summed E-state index contributed by atoms with van der Waals surface area (Å²) in [7, 11) is -3.37. The number of aromatic nitrogens is 2. The highest BCUT2D eigenvalue weighted by molar-refractivity contribution is 7.91. The zero-order valence-corrected chi connectivity index (χ0v) is 12.4. The van der Waals surface area contributed by atoms with Gasteiger partial charge in [-0.2, -0.15) is 0 Å². The molecular weight excluding hydrogens is 278 g/mol. The van der Waals surface area contributed by atoms with Crippen molar-refractivity contribution in [1.29, 1.82) is 0 Å². The van der Waals surface area contributed by atoms with Crippen LogP contribution in [0.2, 0.25) is 0 Å². The van der Waals surface area contributed by atoms with E-state index in [0.29, 0.717) is 0 Å². The van der Waals surface area contributed by atoms with Crippen molar-refractivity contribution in [3.8, 4) is 0 Å². The van der Waals surface area contributed by atoms with Gasteiger partial charge in [0.1, 0.15) is 10.8 Å². The Morgan fingerprint density at radius 2 is 1.80 bits per heavy atom. The lowest BCUT2D eigenvalue weighted by Crippen LogP contribution is -2.28. The highest BCUT2D eigenvalue weighted by Gasteiger charge is 2.38. The largest absolute Gasteiger partial charge is 0.421 e. The number of hydrogen-bond acceptors (Lipinski definition) is 6. The molecule has 6 nitrogen and oxygen atoms in total. The van der Waals surface area contributed by atoms with Crippen LogP contribution in [-0.4, -0.2) is 24.9 Å². The number of rotatable bonds is 4. The van der Waals surface area contributed by atoms with Gasteiger partial charge < -0.3 is 10.2 Å². The summed E-state index contributed by atoms with van der Waals surface area (Å²) in [6.07, 6.45) is 1.13. The van der Waals surface area contributed by atoms with E-state index in [1.807, 2.05) is 30.3 Å². The molecule has 0 bridgehead atoms. The molecule has 0 saturated heterocycles. The molecule has 2 N–H and O–H groups in total. The third-order valence-corrected chi connectivity index (χ3v) is 5.34. The maximum Gasteiger partial charge on any atom is 0.237 e. The normalized spacial score (nSPS) is 14.2. The first-order valence-corrected chi connectivity index (χ1v) is 7.96. The van der Waals surface area contributed by atoms with E-state index in [9.17, 15) is 8.42 Å². The van der Waals surface area contributed by atoms with Crippen LogP contribution < -0.4 is 5.73 Å². The predicted molar refractivity (Wildman–Crippen MR) is 74.6 cm³/mol. The van der Waals surface area contributed by atoms with Crippen LogP contribution >= 0.6 is 0 Å². The Morgan fingerprint density at radius 1 is 1.20 bits per heavy atom.